The minimum atomic E-state index is -3.78. The number of carbonyl (C=O) groups is 1. The van der Waals surface area contributed by atoms with Crippen molar-refractivity contribution >= 4 is 27.6 Å². The third kappa shape index (κ3) is 2.79. The van der Waals surface area contributed by atoms with Gasteiger partial charge in [-0.15, -0.1) is 0 Å². The van der Waals surface area contributed by atoms with Crippen molar-refractivity contribution in [2.75, 3.05) is 6.54 Å². The number of piperidine rings is 1. The summed E-state index contributed by atoms with van der Waals surface area (Å²) in [6, 6.07) is 0.728. The second-order valence-electron chi connectivity index (χ2n) is 4.78. The maximum atomic E-state index is 12.6. The summed E-state index contributed by atoms with van der Waals surface area (Å²) in [5.41, 5.74) is 0. The van der Waals surface area contributed by atoms with E-state index < -0.39 is 28.0 Å². The first-order valence-electron chi connectivity index (χ1n) is 6.19. The lowest BCUT2D eigenvalue weighted by Crippen LogP contribution is -2.49. The van der Waals surface area contributed by atoms with Gasteiger partial charge < -0.3 is 5.11 Å². The normalized spacial score (nSPS) is 24.5. The maximum Gasteiger partial charge on any atom is 0.308 e. The number of pyridine rings is 1. The van der Waals surface area contributed by atoms with Gasteiger partial charge in [0.05, 0.1) is 10.9 Å². The monoisotopic (exact) mass is 318 g/mol. The second kappa shape index (κ2) is 5.67. The standard InChI is InChI=1S/C12H15ClN2O4S/c1-8-11(12(16)17)3-2-4-15(8)20(18,19)10-5-9(13)6-14-7-10/h5-8,11H,2-4H2,1H3,(H,16,17)/t8-,11-/m1/s1. The Balaban J connectivity index is 2.36. The summed E-state index contributed by atoms with van der Waals surface area (Å²) >= 11 is 5.77. The zero-order chi connectivity index (χ0) is 14.9. The number of nitrogens with zero attached hydrogens (tertiary/aromatic N) is 2. The van der Waals surface area contributed by atoms with E-state index in [0.717, 1.165) is 0 Å². The highest BCUT2D eigenvalue weighted by Gasteiger charge is 2.39. The number of aromatic nitrogens is 1. The highest BCUT2D eigenvalue weighted by molar-refractivity contribution is 7.89. The van der Waals surface area contributed by atoms with Crippen LogP contribution in [0.1, 0.15) is 19.8 Å². The van der Waals surface area contributed by atoms with Crippen LogP contribution in [0.25, 0.3) is 0 Å². The Labute approximate surface area is 122 Å². The molecule has 0 aliphatic carbocycles. The molecule has 1 aliphatic heterocycles. The molecule has 1 saturated heterocycles. The average Bonchev–Trinajstić information content (AvgIpc) is 2.38. The number of halogens is 1. The van der Waals surface area contributed by atoms with Crippen LogP contribution in [-0.4, -0.2) is 41.4 Å². The molecule has 0 spiro atoms. The summed E-state index contributed by atoms with van der Waals surface area (Å²) in [6.07, 6.45) is 3.57. The van der Waals surface area contributed by atoms with E-state index in [2.05, 4.69) is 4.98 Å². The van der Waals surface area contributed by atoms with E-state index in [0.29, 0.717) is 19.4 Å². The Bertz CT molecular complexity index is 620. The lowest BCUT2D eigenvalue weighted by atomic mass is 9.92. The molecule has 1 aromatic heterocycles. The molecule has 0 unspecified atom stereocenters. The summed E-state index contributed by atoms with van der Waals surface area (Å²) < 4.78 is 26.3. The Morgan fingerprint density at radius 3 is 2.80 bits per heavy atom. The van der Waals surface area contributed by atoms with Gasteiger partial charge in [0.15, 0.2) is 0 Å². The Hall–Kier alpha value is -1.18. The second-order valence-corrected chi connectivity index (χ2v) is 7.11. The van der Waals surface area contributed by atoms with Gasteiger partial charge in [0.25, 0.3) is 0 Å². The predicted molar refractivity (Wildman–Crippen MR) is 73.0 cm³/mol. The first kappa shape index (κ1) is 15.2. The molecule has 1 fully saturated rings. The van der Waals surface area contributed by atoms with E-state index in [1.165, 1.54) is 22.8 Å². The molecule has 6 nitrogen and oxygen atoms in total. The largest absolute Gasteiger partial charge is 0.481 e. The summed E-state index contributed by atoms with van der Waals surface area (Å²) in [4.78, 5) is 14.9. The van der Waals surface area contributed by atoms with E-state index in [1.807, 2.05) is 0 Å². The predicted octanol–water partition coefficient (Wildman–Crippen LogP) is 1.61. The first-order valence-corrected chi connectivity index (χ1v) is 8.01. The molecule has 1 aromatic rings. The van der Waals surface area contributed by atoms with Crippen molar-refractivity contribution < 1.29 is 18.3 Å². The van der Waals surface area contributed by atoms with E-state index in [-0.39, 0.29) is 9.92 Å². The number of hydrogen-bond donors (Lipinski definition) is 1. The molecule has 1 N–H and O–H groups in total. The van der Waals surface area contributed by atoms with Crippen LogP contribution in [0.2, 0.25) is 5.02 Å². The van der Waals surface area contributed by atoms with E-state index in [9.17, 15) is 13.2 Å². The maximum absolute atomic E-state index is 12.6. The van der Waals surface area contributed by atoms with Crippen molar-refractivity contribution in [3.05, 3.63) is 23.5 Å². The van der Waals surface area contributed by atoms with Crippen molar-refractivity contribution in [1.29, 1.82) is 0 Å². The van der Waals surface area contributed by atoms with Gasteiger partial charge in [0.1, 0.15) is 4.90 Å². The van der Waals surface area contributed by atoms with Gasteiger partial charge in [-0.25, -0.2) is 8.42 Å². The Morgan fingerprint density at radius 2 is 2.20 bits per heavy atom. The van der Waals surface area contributed by atoms with Crippen molar-refractivity contribution in [2.24, 2.45) is 5.92 Å². The number of sulfonamides is 1. The fraction of sp³-hybridized carbons (Fsp3) is 0.500. The van der Waals surface area contributed by atoms with Crippen molar-refractivity contribution in [1.82, 2.24) is 9.29 Å². The zero-order valence-corrected chi connectivity index (χ0v) is 12.4. The minimum Gasteiger partial charge on any atom is -0.481 e. The van der Waals surface area contributed by atoms with Gasteiger partial charge in [0.2, 0.25) is 10.0 Å². The Kier molecular flexibility index (Phi) is 4.31. The van der Waals surface area contributed by atoms with Gasteiger partial charge in [-0.2, -0.15) is 4.31 Å². The van der Waals surface area contributed by atoms with E-state index in [1.54, 1.807) is 6.92 Å². The lowest BCUT2D eigenvalue weighted by Gasteiger charge is -2.36. The van der Waals surface area contributed by atoms with Crippen LogP contribution in [0.5, 0.6) is 0 Å². The van der Waals surface area contributed by atoms with Crippen molar-refractivity contribution in [3.8, 4) is 0 Å². The van der Waals surface area contributed by atoms with Crippen molar-refractivity contribution in [3.63, 3.8) is 0 Å². The van der Waals surface area contributed by atoms with Gasteiger partial charge in [0, 0.05) is 25.0 Å². The van der Waals surface area contributed by atoms with E-state index in [4.69, 9.17) is 16.7 Å². The molecule has 0 saturated carbocycles. The first-order chi connectivity index (χ1) is 9.34. The Morgan fingerprint density at radius 1 is 1.50 bits per heavy atom. The molecule has 0 radical (unpaired) electrons. The average molecular weight is 319 g/mol. The summed E-state index contributed by atoms with van der Waals surface area (Å²) in [6.45, 7) is 1.92. The zero-order valence-electron chi connectivity index (χ0n) is 10.9. The van der Waals surface area contributed by atoms with Crippen LogP contribution in [0.4, 0.5) is 0 Å². The van der Waals surface area contributed by atoms with Crippen LogP contribution in [-0.2, 0) is 14.8 Å². The molecular formula is C12H15ClN2O4S. The molecule has 2 atom stereocenters. The highest BCUT2D eigenvalue weighted by Crippen LogP contribution is 2.29. The summed E-state index contributed by atoms with van der Waals surface area (Å²) in [7, 11) is -3.78. The fourth-order valence-electron chi connectivity index (χ4n) is 2.45. The molecule has 0 bridgehead atoms. The molecule has 8 heteroatoms. The number of hydrogen-bond acceptors (Lipinski definition) is 4. The molecule has 20 heavy (non-hydrogen) atoms. The topological polar surface area (TPSA) is 87.6 Å². The molecule has 2 rings (SSSR count). The van der Waals surface area contributed by atoms with Crippen LogP contribution in [0, 0.1) is 5.92 Å². The van der Waals surface area contributed by atoms with Gasteiger partial charge in [-0.05, 0) is 25.8 Å². The highest BCUT2D eigenvalue weighted by atomic mass is 35.5. The number of carboxylic acid groups (broad SMARTS) is 1. The van der Waals surface area contributed by atoms with Crippen LogP contribution >= 0.6 is 11.6 Å². The summed E-state index contributed by atoms with van der Waals surface area (Å²) in [5.74, 6) is -1.66. The molecule has 1 aliphatic rings. The van der Waals surface area contributed by atoms with Gasteiger partial charge in [-0.3, -0.25) is 9.78 Å². The minimum absolute atomic E-state index is 0.0112. The molecular weight excluding hydrogens is 304 g/mol. The van der Waals surface area contributed by atoms with E-state index >= 15 is 0 Å². The third-order valence-electron chi connectivity index (χ3n) is 3.53. The molecule has 0 amide bonds. The van der Waals surface area contributed by atoms with Crippen LogP contribution in [0.3, 0.4) is 0 Å². The smallest absolute Gasteiger partial charge is 0.308 e. The van der Waals surface area contributed by atoms with Crippen LogP contribution in [0.15, 0.2) is 23.4 Å². The lowest BCUT2D eigenvalue weighted by molar-refractivity contribution is -0.144. The molecule has 110 valence electrons. The summed E-state index contributed by atoms with van der Waals surface area (Å²) in [5, 5.41) is 9.38. The SMILES string of the molecule is C[C@@H]1[C@H](C(=O)O)CCCN1S(=O)(=O)c1cncc(Cl)c1. The third-order valence-corrected chi connectivity index (χ3v) is 5.69. The van der Waals surface area contributed by atoms with Gasteiger partial charge in [-0.1, -0.05) is 11.6 Å². The fourth-order valence-corrected chi connectivity index (χ4v) is 4.38. The number of carboxylic acids is 1. The quantitative estimate of drug-likeness (QED) is 0.914. The molecule has 2 heterocycles. The van der Waals surface area contributed by atoms with Crippen molar-refractivity contribution in [2.45, 2.75) is 30.7 Å². The van der Waals surface area contributed by atoms with Crippen LogP contribution < -0.4 is 0 Å². The molecule has 0 aromatic carbocycles. The van der Waals surface area contributed by atoms with Gasteiger partial charge >= 0.3 is 5.97 Å². The number of aliphatic carboxylic acids is 1. The number of rotatable bonds is 3.